The molecular formula is C16H22N2O3. The third-order valence-electron chi connectivity index (χ3n) is 3.99. The normalized spacial score (nSPS) is 18.7. The van der Waals surface area contributed by atoms with E-state index in [1.54, 1.807) is 11.8 Å². The molecule has 0 aromatic heterocycles. The van der Waals surface area contributed by atoms with Crippen LogP contribution in [0.3, 0.4) is 0 Å². The maximum atomic E-state index is 12.6. The lowest BCUT2D eigenvalue weighted by Gasteiger charge is -2.31. The van der Waals surface area contributed by atoms with Gasteiger partial charge < -0.3 is 15.3 Å². The predicted octanol–water partition coefficient (Wildman–Crippen LogP) is 1.27. The molecule has 0 spiro atoms. The molecule has 1 heterocycles. The molecular weight excluding hydrogens is 268 g/mol. The number of carbonyl (C=O) groups is 2. The fourth-order valence-electron chi connectivity index (χ4n) is 2.63. The average Bonchev–Trinajstić information content (AvgIpc) is 2.51. The Balaban J connectivity index is 2.04. The Hall–Kier alpha value is -1.88. The van der Waals surface area contributed by atoms with Gasteiger partial charge in [-0.3, -0.25) is 9.59 Å². The van der Waals surface area contributed by atoms with E-state index in [4.69, 9.17) is 5.11 Å². The monoisotopic (exact) mass is 290 g/mol. The number of benzene rings is 1. The Morgan fingerprint density at radius 3 is 2.67 bits per heavy atom. The minimum atomic E-state index is -0.872. The van der Waals surface area contributed by atoms with Gasteiger partial charge in [0, 0.05) is 19.6 Å². The lowest BCUT2D eigenvalue weighted by molar-refractivity contribution is -0.143. The molecule has 21 heavy (non-hydrogen) atoms. The van der Waals surface area contributed by atoms with E-state index in [0.29, 0.717) is 19.5 Å². The first kappa shape index (κ1) is 15.5. The van der Waals surface area contributed by atoms with Crippen molar-refractivity contribution in [2.24, 2.45) is 5.92 Å². The van der Waals surface area contributed by atoms with E-state index in [1.165, 1.54) is 11.1 Å². The van der Waals surface area contributed by atoms with Crippen molar-refractivity contribution >= 4 is 11.9 Å². The van der Waals surface area contributed by atoms with Gasteiger partial charge in [0.15, 0.2) is 0 Å². The van der Waals surface area contributed by atoms with Crippen LogP contribution >= 0.6 is 0 Å². The van der Waals surface area contributed by atoms with Crippen molar-refractivity contribution < 1.29 is 14.7 Å². The number of rotatable bonds is 5. The van der Waals surface area contributed by atoms with Crippen molar-refractivity contribution in [3.63, 3.8) is 0 Å². The summed E-state index contributed by atoms with van der Waals surface area (Å²) >= 11 is 0. The van der Waals surface area contributed by atoms with Gasteiger partial charge in [0.05, 0.1) is 12.0 Å². The van der Waals surface area contributed by atoms with Crippen molar-refractivity contribution in [3.8, 4) is 0 Å². The largest absolute Gasteiger partial charge is 0.481 e. The summed E-state index contributed by atoms with van der Waals surface area (Å²) in [5.41, 5.74) is 2.42. The lowest BCUT2D eigenvalue weighted by atomic mass is 9.95. The van der Waals surface area contributed by atoms with E-state index in [1.807, 2.05) is 25.1 Å². The molecule has 2 unspecified atom stereocenters. The van der Waals surface area contributed by atoms with Crippen LogP contribution in [0.15, 0.2) is 24.3 Å². The fraction of sp³-hybridized carbons (Fsp3) is 0.500. The van der Waals surface area contributed by atoms with E-state index >= 15 is 0 Å². The lowest BCUT2D eigenvalue weighted by Crippen LogP contribution is -2.50. The number of aliphatic carboxylic acids is 1. The van der Waals surface area contributed by atoms with E-state index in [-0.39, 0.29) is 18.5 Å². The SMILES string of the molecule is CCN(CC(C)C(=O)O)C(=O)C1Cc2ccccc2CN1. The number of hydrogen-bond donors (Lipinski definition) is 2. The number of hydrogen-bond acceptors (Lipinski definition) is 3. The number of carbonyl (C=O) groups excluding carboxylic acids is 1. The van der Waals surface area contributed by atoms with Crippen molar-refractivity contribution in [1.82, 2.24) is 10.2 Å². The van der Waals surface area contributed by atoms with Crippen molar-refractivity contribution in [1.29, 1.82) is 0 Å². The molecule has 0 saturated heterocycles. The van der Waals surface area contributed by atoms with Crippen LogP contribution in [-0.4, -0.2) is 41.0 Å². The highest BCUT2D eigenvalue weighted by atomic mass is 16.4. The van der Waals surface area contributed by atoms with Crippen LogP contribution in [0, 0.1) is 5.92 Å². The van der Waals surface area contributed by atoms with Crippen LogP contribution in [0.4, 0.5) is 0 Å². The van der Waals surface area contributed by atoms with Crippen molar-refractivity contribution in [3.05, 3.63) is 35.4 Å². The second kappa shape index (κ2) is 6.72. The summed E-state index contributed by atoms with van der Waals surface area (Å²) < 4.78 is 0. The predicted molar refractivity (Wildman–Crippen MR) is 79.8 cm³/mol. The van der Waals surface area contributed by atoms with Gasteiger partial charge in [-0.05, 0) is 24.5 Å². The Labute approximate surface area is 125 Å². The molecule has 2 atom stereocenters. The van der Waals surface area contributed by atoms with Gasteiger partial charge in [0.2, 0.25) is 5.91 Å². The first-order chi connectivity index (χ1) is 10.0. The molecule has 0 aliphatic carbocycles. The third-order valence-corrected chi connectivity index (χ3v) is 3.99. The zero-order chi connectivity index (χ0) is 15.4. The Morgan fingerprint density at radius 2 is 2.05 bits per heavy atom. The van der Waals surface area contributed by atoms with Crippen molar-refractivity contribution in [2.45, 2.75) is 32.9 Å². The quantitative estimate of drug-likeness (QED) is 0.857. The van der Waals surface area contributed by atoms with E-state index < -0.39 is 11.9 Å². The van der Waals surface area contributed by atoms with Crippen LogP contribution in [0.5, 0.6) is 0 Å². The topological polar surface area (TPSA) is 69.6 Å². The number of fused-ring (bicyclic) bond motifs is 1. The number of nitrogens with one attached hydrogen (secondary N) is 1. The highest BCUT2D eigenvalue weighted by Crippen LogP contribution is 2.17. The number of carboxylic acids is 1. The number of amides is 1. The minimum Gasteiger partial charge on any atom is -0.481 e. The minimum absolute atomic E-state index is 0.0138. The molecule has 0 bridgehead atoms. The number of nitrogens with zero attached hydrogens (tertiary/aromatic N) is 1. The maximum absolute atomic E-state index is 12.6. The fourth-order valence-corrected chi connectivity index (χ4v) is 2.63. The molecule has 1 aliphatic rings. The summed E-state index contributed by atoms with van der Waals surface area (Å²) in [6.07, 6.45) is 0.660. The van der Waals surface area contributed by atoms with Crippen LogP contribution < -0.4 is 5.32 Å². The summed E-state index contributed by atoms with van der Waals surface area (Å²) in [6.45, 7) is 4.96. The zero-order valence-electron chi connectivity index (χ0n) is 12.5. The second-order valence-electron chi connectivity index (χ2n) is 5.52. The second-order valence-corrected chi connectivity index (χ2v) is 5.52. The Bertz CT molecular complexity index is 530. The van der Waals surface area contributed by atoms with Gasteiger partial charge in [0.25, 0.3) is 0 Å². The highest BCUT2D eigenvalue weighted by molar-refractivity contribution is 5.83. The molecule has 0 fully saturated rings. The molecule has 1 aromatic rings. The summed E-state index contributed by atoms with van der Waals surface area (Å²) in [7, 11) is 0. The molecule has 5 heteroatoms. The first-order valence-corrected chi connectivity index (χ1v) is 7.34. The van der Waals surface area contributed by atoms with Crippen molar-refractivity contribution in [2.75, 3.05) is 13.1 Å². The van der Waals surface area contributed by atoms with Crippen LogP contribution in [0.25, 0.3) is 0 Å². The summed E-state index contributed by atoms with van der Waals surface area (Å²) in [6, 6.07) is 7.83. The number of likely N-dealkylation sites (N-methyl/N-ethyl adjacent to an activating group) is 1. The highest BCUT2D eigenvalue weighted by Gasteiger charge is 2.28. The smallest absolute Gasteiger partial charge is 0.308 e. The maximum Gasteiger partial charge on any atom is 0.308 e. The average molecular weight is 290 g/mol. The van der Waals surface area contributed by atoms with Crippen LogP contribution in [-0.2, 0) is 22.6 Å². The Morgan fingerprint density at radius 1 is 1.38 bits per heavy atom. The summed E-state index contributed by atoms with van der Waals surface area (Å²) in [5.74, 6) is -1.44. The molecule has 2 N–H and O–H groups in total. The number of carboxylic acid groups (broad SMARTS) is 1. The van der Waals surface area contributed by atoms with Crippen LogP contribution in [0.2, 0.25) is 0 Å². The molecule has 0 saturated carbocycles. The molecule has 1 amide bonds. The summed E-state index contributed by atoms with van der Waals surface area (Å²) in [5, 5.41) is 12.2. The van der Waals surface area contributed by atoms with E-state index in [0.717, 1.165) is 0 Å². The van der Waals surface area contributed by atoms with Gasteiger partial charge in [-0.15, -0.1) is 0 Å². The van der Waals surface area contributed by atoms with Gasteiger partial charge in [0.1, 0.15) is 0 Å². The van der Waals surface area contributed by atoms with Crippen LogP contribution in [0.1, 0.15) is 25.0 Å². The zero-order valence-corrected chi connectivity index (χ0v) is 12.5. The van der Waals surface area contributed by atoms with E-state index in [2.05, 4.69) is 11.4 Å². The molecule has 5 nitrogen and oxygen atoms in total. The third kappa shape index (κ3) is 3.61. The molecule has 2 rings (SSSR count). The molecule has 1 aliphatic heterocycles. The molecule has 1 aromatic carbocycles. The standard InChI is InChI=1S/C16H22N2O3/c1-3-18(10-11(2)16(20)21)15(19)14-8-12-6-4-5-7-13(12)9-17-14/h4-7,11,14,17H,3,8-10H2,1-2H3,(H,20,21). The van der Waals surface area contributed by atoms with Gasteiger partial charge >= 0.3 is 5.97 Å². The van der Waals surface area contributed by atoms with Gasteiger partial charge in [-0.25, -0.2) is 0 Å². The Kier molecular flexibility index (Phi) is 4.96. The summed E-state index contributed by atoms with van der Waals surface area (Å²) in [4.78, 5) is 25.2. The van der Waals surface area contributed by atoms with E-state index in [9.17, 15) is 9.59 Å². The molecule has 0 radical (unpaired) electrons. The van der Waals surface area contributed by atoms with Gasteiger partial charge in [-0.1, -0.05) is 31.2 Å². The first-order valence-electron chi connectivity index (χ1n) is 7.34. The van der Waals surface area contributed by atoms with Gasteiger partial charge in [-0.2, -0.15) is 0 Å². The molecule has 114 valence electrons.